The fourth-order valence-corrected chi connectivity index (χ4v) is 0.784. The number of carbonyl (C=O) groups is 2. The molecule has 0 rings (SSSR count). The summed E-state index contributed by atoms with van der Waals surface area (Å²) in [6.45, 7) is -0.745. The second-order valence-corrected chi connectivity index (χ2v) is 2.65. The fourth-order valence-electron chi connectivity index (χ4n) is 0.536. The molecule has 0 aromatic rings. The van der Waals surface area contributed by atoms with E-state index in [1.54, 1.807) is 0 Å². The van der Waals surface area contributed by atoms with E-state index in [0.29, 0.717) is 0 Å². The lowest BCUT2D eigenvalue weighted by Crippen LogP contribution is -2.47. The van der Waals surface area contributed by atoms with Crippen molar-refractivity contribution in [3.63, 3.8) is 0 Å². The minimum Gasteiger partial charge on any atom is -0.480 e. The monoisotopic (exact) mass is 209 g/mol. The highest BCUT2D eigenvalue weighted by atomic mass is 32.1. The van der Waals surface area contributed by atoms with E-state index in [4.69, 9.17) is 15.3 Å². The normalized spacial score (nSPS) is 14.7. The first-order valence-electron chi connectivity index (χ1n) is 3.46. The Bertz CT molecular complexity index is 197. The van der Waals surface area contributed by atoms with Crippen molar-refractivity contribution in [2.24, 2.45) is 0 Å². The Hall–Kier alpha value is -0.790. The molecule has 7 heteroatoms. The minimum absolute atomic E-state index is 0.0841. The molecule has 0 heterocycles. The van der Waals surface area contributed by atoms with Crippen LogP contribution in [0.5, 0.6) is 0 Å². The smallest absolute Gasteiger partial charge is 0.327 e. The van der Waals surface area contributed by atoms with E-state index in [2.05, 4.69) is 12.6 Å². The number of hydrogen-bond acceptors (Lipinski definition) is 5. The average molecular weight is 209 g/mol. The summed E-state index contributed by atoms with van der Waals surface area (Å²) in [7, 11) is 0. The van der Waals surface area contributed by atoms with Gasteiger partial charge < -0.3 is 20.6 Å². The molecule has 0 aliphatic carbocycles. The third-order valence-electron chi connectivity index (χ3n) is 1.27. The average Bonchev–Trinajstić information content (AvgIpc) is 2.11. The Kier molecular flexibility index (Phi) is 5.44. The quantitative estimate of drug-likeness (QED) is 0.331. The summed E-state index contributed by atoms with van der Waals surface area (Å²) >= 11 is 3.69. The van der Waals surface area contributed by atoms with Crippen molar-refractivity contribution >= 4 is 24.5 Å². The third-order valence-corrected chi connectivity index (χ3v) is 1.64. The van der Waals surface area contributed by atoms with Gasteiger partial charge in [-0.05, 0) is 0 Å². The molecular formula is C6H11NO5S. The number of rotatable bonds is 5. The number of carboxylic acid groups (broad SMARTS) is 1. The van der Waals surface area contributed by atoms with Gasteiger partial charge >= 0.3 is 5.97 Å². The molecule has 0 aromatic heterocycles. The van der Waals surface area contributed by atoms with Gasteiger partial charge in [-0.1, -0.05) is 0 Å². The van der Waals surface area contributed by atoms with Crippen molar-refractivity contribution in [1.29, 1.82) is 0 Å². The number of carbonyl (C=O) groups excluding carboxylic acids is 1. The van der Waals surface area contributed by atoms with Crippen LogP contribution in [-0.2, 0) is 9.59 Å². The van der Waals surface area contributed by atoms with E-state index in [1.807, 2.05) is 5.32 Å². The fraction of sp³-hybridized carbons (Fsp3) is 0.667. The van der Waals surface area contributed by atoms with E-state index < -0.39 is 30.6 Å². The summed E-state index contributed by atoms with van der Waals surface area (Å²) in [6, 6.07) is -1.16. The van der Waals surface area contributed by atoms with Crippen molar-refractivity contribution < 1.29 is 24.9 Å². The van der Waals surface area contributed by atoms with Gasteiger partial charge in [0.15, 0.2) is 6.10 Å². The molecular weight excluding hydrogens is 198 g/mol. The first kappa shape index (κ1) is 12.2. The van der Waals surface area contributed by atoms with E-state index in [9.17, 15) is 9.59 Å². The maximum Gasteiger partial charge on any atom is 0.327 e. The Morgan fingerprint density at radius 2 is 2.00 bits per heavy atom. The summed E-state index contributed by atoms with van der Waals surface area (Å²) in [5.41, 5.74) is 0. The standard InChI is InChI=1S/C6H11NO5S/c8-1-4(9)5(10)7-3(2-13)6(11)12/h3-4,8-9,13H,1-2H2,(H,7,10)(H,11,12). The van der Waals surface area contributed by atoms with E-state index in [1.165, 1.54) is 0 Å². The predicted molar refractivity (Wildman–Crippen MR) is 46.5 cm³/mol. The zero-order valence-electron chi connectivity index (χ0n) is 6.67. The van der Waals surface area contributed by atoms with Crippen molar-refractivity contribution in [2.45, 2.75) is 12.1 Å². The molecule has 4 N–H and O–H groups in total. The second-order valence-electron chi connectivity index (χ2n) is 2.28. The highest BCUT2D eigenvalue weighted by molar-refractivity contribution is 7.80. The molecule has 0 radical (unpaired) electrons. The number of thiol groups is 1. The highest BCUT2D eigenvalue weighted by Gasteiger charge is 2.21. The molecule has 0 aliphatic heterocycles. The molecule has 76 valence electrons. The number of carboxylic acids is 1. The molecule has 2 atom stereocenters. The molecule has 0 spiro atoms. The number of nitrogens with one attached hydrogen (secondary N) is 1. The minimum atomic E-state index is -1.60. The van der Waals surface area contributed by atoms with E-state index in [0.717, 1.165) is 0 Å². The van der Waals surface area contributed by atoms with Crippen LogP contribution in [0.3, 0.4) is 0 Å². The number of aliphatic hydroxyl groups is 2. The van der Waals surface area contributed by atoms with Gasteiger partial charge in [-0.25, -0.2) is 4.79 Å². The molecule has 13 heavy (non-hydrogen) atoms. The van der Waals surface area contributed by atoms with Crippen LogP contribution < -0.4 is 5.32 Å². The van der Waals surface area contributed by atoms with Crippen LogP contribution in [0, 0.1) is 0 Å². The highest BCUT2D eigenvalue weighted by Crippen LogP contribution is 1.90. The van der Waals surface area contributed by atoms with Gasteiger partial charge in [-0.3, -0.25) is 4.79 Å². The summed E-state index contributed by atoms with van der Waals surface area (Å²) in [5, 5.41) is 27.6. The Labute approximate surface area is 80.0 Å². The summed E-state index contributed by atoms with van der Waals surface area (Å²) in [4.78, 5) is 21.2. The number of amides is 1. The maximum absolute atomic E-state index is 10.8. The Morgan fingerprint density at radius 1 is 1.46 bits per heavy atom. The van der Waals surface area contributed by atoms with Gasteiger partial charge in [0.2, 0.25) is 0 Å². The zero-order valence-corrected chi connectivity index (χ0v) is 7.57. The van der Waals surface area contributed by atoms with Gasteiger partial charge in [0, 0.05) is 5.75 Å². The Morgan fingerprint density at radius 3 is 2.31 bits per heavy atom. The van der Waals surface area contributed by atoms with Crippen molar-refractivity contribution in [2.75, 3.05) is 12.4 Å². The van der Waals surface area contributed by atoms with Crippen LogP contribution >= 0.6 is 12.6 Å². The number of aliphatic hydroxyl groups excluding tert-OH is 2. The van der Waals surface area contributed by atoms with Gasteiger partial charge in [-0.2, -0.15) is 12.6 Å². The molecule has 1 amide bonds. The first-order valence-corrected chi connectivity index (χ1v) is 4.09. The SMILES string of the molecule is O=C(NC(CS)C(=O)O)C(O)CO. The topological polar surface area (TPSA) is 107 Å². The van der Waals surface area contributed by atoms with Crippen molar-refractivity contribution in [3.8, 4) is 0 Å². The number of aliphatic carboxylic acids is 1. The van der Waals surface area contributed by atoms with Gasteiger partial charge in [0.25, 0.3) is 5.91 Å². The second kappa shape index (κ2) is 5.79. The van der Waals surface area contributed by atoms with Crippen LogP contribution in [0.25, 0.3) is 0 Å². The van der Waals surface area contributed by atoms with Crippen LogP contribution in [0.1, 0.15) is 0 Å². The lowest BCUT2D eigenvalue weighted by Gasteiger charge is -2.13. The summed E-state index contributed by atoms with van der Waals surface area (Å²) in [6.07, 6.45) is -1.60. The molecule has 0 bridgehead atoms. The largest absolute Gasteiger partial charge is 0.480 e. The molecule has 6 nitrogen and oxygen atoms in total. The van der Waals surface area contributed by atoms with Crippen LogP contribution in [0.15, 0.2) is 0 Å². The van der Waals surface area contributed by atoms with E-state index >= 15 is 0 Å². The molecule has 0 saturated heterocycles. The lowest BCUT2D eigenvalue weighted by molar-refractivity contribution is -0.143. The van der Waals surface area contributed by atoms with Crippen molar-refractivity contribution in [3.05, 3.63) is 0 Å². The molecule has 0 aromatic carbocycles. The van der Waals surface area contributed by atoms with Crippen LogP contribution in [0.4, 0.5) is 0 Å². The lowest BCUT2D eigenvalue weighted by atomic mass is 10.3. The predicted octanol–water partition coefficient (Wildman–Crippen LogP) is -2.16. The van der Waals surface area contributed by atoms with Gasteiger partial charge in [-0.15, -0.1) is 0 Å². The summed E-state index contributed by atoms with van der Waals surface area (Å²) in [5.74, 6) is -2.25. The van der Waals surface area contributed by atoms with Crippen molar-refractivity contribution in [1.82, 2.24) is 5.32 Å². The van der Waals surface area contributed by atoms with Crippen LogP contribution in [0.2, 0.25) is 0 Å². The third kappa shape index (κ3) is 4.11. The Balaban J connectivity index is 4.09. The molecule has 0 saturated carbocycles. The van der Waals surface area contributed by atoms with E-state index in [-0.39, 0.29) is 5.75 Å². The van der Waals surface area contributed by atoms with Crippen LogP contribution in [-0.4, -0.2) is 51.7 Å². The molecule has 0 aliphatic rings. The summed E-state index contributed by atoms with van der Waals surface area (Å²) < 4.78 is 0. The molecule has 0 fully saturated rings. The van der Waals surface area contributed by atoms with Gasteiger partial charge in [0.1, 0.15) is 6.04 Å². The first-order chi connectivity index (χ1) is 6.02. The molecule has 2 unspecified atom stereocenters. The zero-order chi connectivity index (χ0) is 10.4. The maximum atomic E-state index is 10.8. The van der Waals surface area contributed by atoms with Gasteiger partial charge in [0.05, 0.1) is 6.61 Å². The number of hydrogen-bond donors (Lipinski definition) is 5.